The summed E-state index contributed by atoms with van der Waals surface area (Å²) in [6.45, 7) is 2.54. The second kappa shape index (κ2) is 6.21. The van der Waals surface area contributed by atoms with Gasteiger partial charge in [-0.05, 0) is 37.6 Å². The summed E-state index contributed by atoms with van der Waals surface area (Å²) in [4.78, 5) is 13.7. The maximum atomic E-state index is 11.4. The Morgan fingerprint density at radius 2 is 1.94 bits per heavy atom. The van der Waals surface area contributed by atoms with Gasteiger partial charge in [0, 0.05) is 11.6 Å². The summed E-state index contributed by atoms with van der Waals surface area (Å²) in [6.07, 6.45) is 3.57. The molecule has 0 spiro atoms. The Kier molecular flexibility index (Phi) is 4.61. The van der Waals surface area contributed by atoms with Gasteiger partial charge in [-0.3, -0.25) is 4.79 Å². The first-order valence-electron chi connectivity index (χ1n) is 6.38. The lowest BCUT2D eigenvalue weighted by Crippen LogP contribution is -2.35. The monoisotopic (exact) mass is 267 g/mol. The number of rotatable bonds is 4. The maximum Gasteiger partial charge on any atom is 0.312 e. The lowest BCUT2D eigenvalue weighted by atomic mass is 9.97. The van der Waals surface area contributed by atoms with Gasteiger partial charge >= 0.3 is 5.97 Å². The van der Waals surface area contributed by atoms with Crippen LogP contribution in [-0.4, -0.2) is 35.6 Å². The molecule has 0 saturated carbocycles. The molecule has 0 aliphatic carbocycles. The zero-order chi connectivity index (χ0) is 13.0. The van der Waals surface area contributed by atoms with E-state index in [9.17, 15) is 9.90 Å². The standard InChI is InChI=1S/C14H18ClNO2/c15-13-7-3-2-6-11(13)12(14(17)18)10-16-8-4-1-5-9-16/h2-3,6-7,12H,1,4-5,8-10H2,(H,17,18). The number of carboxylic acids is 1. The molecular formula is C14H18ClNO2. The third-order valence-corrected chi connectivity index (χ3v) is 3.81. The smallest absolute Gasteiger partial charge is 0.312 e. The van der Waals surface area contributed by atoms with Gasteiger partial charge in [0.2, 0.25) is 0 Å². The van der Waals surface area contributed by atoms with Crippen molar-refractivity contribution in [3.8, 4) is 0 Å². The molecule has 0 amide bonds. The Morgan fingerprint density at radius 3 is 2.56 bits per heavy atom. The molecule has 0 bridgehead atoms. The topological polar surface area (TPSA) is 40.5 Å². The van der Waals surface area contributed by atoms with E-state index in [0.717, 1.165) is 31.5 Å². The second-order valence-electron chi connectivity index (χ2n) is 4.77. The zero-order valence-corrected chi connectivity index (χ0v) is 11.1. The van der Waals surface area contributed by atoms with E-state index in [2.05, 4.69) is 4.90 Å². The largest absolute Gasteiger partial charge is 0.481 e. The van der Waals surface area contributed by atoms with Crippen molar-refractivity contribution in [2.75, 3.05) is 19.6 Å². The number of halogens is 1. The number of hydrogen-bond acceptors (Lipinski definition) is 2. The van der Waals surface area contributed by atoms with Crippen LogP contribution in [0.5, 0.6) is 0 Å². The summed E-state index contributed by atoms with van der Waals surface area (Å²) >= 11 is 6.10. The molecule has 2 rings (SSSR count). The molecule has 1 fully saturated rings. The molecule has 1 heterocycles. The van der Waals surface area contributed by atoms with Crippen LogP contribution >= 0.6 is 11.6 Å². The molecule has 18 heavy (non-hydrogen) atoms. The van der Waals surface area contributed by atoms with Crippen LogP contribution < -0.4 is 0 Å². The van der Waals surface area contributed by atoms with E-state index in [-0.39, 0.29) is 0 Å². The quantitative estimate of drug-likeness (QED) is 0.912. The summed E-state index contributed by atoms with van der Waals surface area (Å²) in [6, 6.07) is 7.23. The molecule has 4 heteroatoms. The summed E-state index contributed by atoms with van der Waals surface area (Å²) < 4.78 is 0. The Balaban J connectivity index is 2.13. The molecule has 0 aromatic heterocycles. The molecule has 1 atom stereocenters. The average Bonchev–Trinajstić information content (AvgIpc) is 2.38. The van der Waals surface area contributed by atoms with E-state index in [1.165, 1.54) is 6.42 Å². The van der Waals surface area contributed by atoms with E-state index < -0.39 is 11.9 Å². The minimum absolute atomic E-state index is 0.531. The van der Waals surface area contributed by atoms with Crippen LogP contribution in [0.15, 0.2) is 24.3 Å². The first-order chi connectivity index (χ1) is 8.68. The number of nitrogens with zero attached hydrogens (tertiary/aromatic N) is 1. The minimum Gasteiger partial charge on any atom is -0.481 e. The van der Waals surface area contributed by atoms with Gasteiger partial charge in [-0.25, -0.2) is 0 Å². The predicted octanol–water partition coefficient (Wildman–Crippen LogP) is 2.99. The SMILES string of the molecule is O=C(O)C(CN1CCCCC1)c1ccccc1Cl. The number of aliphatic carboxylic acids is 1. The normalized spacial score (nSPS) is 18.5. The first kappa shape index (κ1) is 13.4. The molecule has 1 aliphatic rings. The Morgan fingerprint density at radius 1 is 1.28 bits per heavy atom. The molecule has 1 saturated heterocycles. The number of benzene rings is 1. The van der Waals surface area contributed by atoms with E-state index in [1.807, 2.05) is 18.2 Å². The number of carbonyl (C=O) groups is 1. The van der Waals surface area contributed by atoms with E-state index in [0.29, 0.717) is 11.6 Å². The van der Waals surface area contributed by atoms with Crippen LogP contribution in [0, 0.1) is 0 Å². The molecule has 3 nitrogen and oxygen atoms in total. The van der Waals surface area contributed by atoms with Crippen LogP contribution in [0.25, 0.3) is 0 Å². The van der Waals surface area contributed by atoms with Crippen molar-refractivity contribution in [2.24, 2.45) is 0 Å². The minimum atomic E-state index is -0.798. The predicted molar refractivity (Wildman–Crippen MR) is 72.1 cm³/mol. The molecule has 1 unspecified atom stereocenters. The number of hydrogen-bond donors (Lipinski definition) is 1. The maximum absolute atomic E-state index is 11.4. The molecule has 1 aromatic carbocycles. The Bertz CT molecular complexity index is 416. The van der Waals surface area contributed by atoms with Crippen molar-refractivity contribution < 1.29 is 9.90 Å². The Hall–Kier alpha value is -1.06. The van der Waals surface area contributed by atoms with Crippen LogP contribution in [0.2, 0.25) is 5.02 Å². The third-order valence-electron chi connectivity index (χ3n) is 3.47. The number of piperidine rings is 1. The fraction of sp³-hybridized carbons (Fsp3) is 0.500. The highest BCUT2D eigenvalue weighted by Gasteiger charge is 2.25. The highest BCUT2D eigenvalue weighted by atomic mass is 35.5. The summed E-state index contributed by atoms with van der Waals surface area (Å²) in [7, 11) is 0. The fourth-order valence-corrected chi connectivity index (χ4v) is 2.73. The second-order valence-corrected chi connectivity index (χ2v) is 5.18. The lowest BCUT2D eigenvalue weighted by Gasteiger charge is -2.29. The van der Waals surface area contributed by atoms with Gasteiger partial charge in [0.15, 0.2) is 0 Å². The number of carboxylic acid groups (broad SMARTS) is 1. The van der Waals surface area contributed by atoms with Crippen molar-refractivity contribution >= 4 is 17.6 Å². The van der Waals surface area contributed by atoms with Gasteiger partial charge in [0.25, 0.3) is 0 Å². The van der Waals surface area contributed by atoms with Gasteiger partial charge in [0.05, 0.1) is 5.92 Å². The molecule has 1 aliphatic heterocycles. The number of likely N-dealkylation sites (tertiary alicyclic amines) is 1. The molecule has 98 valence electrons. The molecule has 0 radical (unpaired) electrons. The van der Waals surface area contributed by atoms with Crippen LogP contribution in [0.4, 0.5) is 0 Å². The molecule has 1 aromatic rings. The molecule has 1 N–H and O–H groups in total. The van der Waals surface area contributed by atoms with Crippen LogP contribution in [-0.2, 0) is 4.79 Å². The van der Waals surface area contributed by atoms with Gasteiger partial charge in [0.1, 0.15) is 0 Å². The summed E-state index contributed by atoms with van der Waals surface area (Å²) in [5, 5.41) is 9.94. The lowest BCUT2D eigenvalue weighted by molar-refractivity contribution is -0.139. The van der Waals surface area contributed by atoms with Gasteiger partial charge in [-0.15, -0.1) is 0 Å². The van der Waals surface area contributed by atoms with Crippen LogP contribution in [0.1, 0.15) is 30.7 Å². The fourth-order valence-electron chi connectivity index (χ4n) is 2.47. The van der Waals surface area contributed by atoms with Crippen molar-refractivity contribution in [3.05, 3.63) is 34.9 Å². The summed E-state index contributed by atoms with van der Waals surface area (Å²) in [5.74, 6) is -1.33. The van der Waals surface area contributed by atoms with Crippen molar-refractivity contribution in [2.45, 2.75) is 25.2 Å². The highest BCUT2D eigenvalue weighted by Crippen LogP contribution is 2.26. The van der Waals surface area contributed by atoms with Gasteiger partial charge in [-0.1, -0.05) is 36.2 Å². The zero-order valence-electron chi connectivity index (χ0n) is 10.3. The Labute approximate surface area is 112 Å². The van der Waals surface area contributed by atoms with Crippen molar-refractivity contribution in [1.29, 1.82) is 0 Å². The van der Waals surface area contributed by atoms with E-state index >= 15 is 0 Å². The van der Waals surface area contributed by atoms with E-state index in [4.69, 9.17) is 11.6 Å². The average molecular weight is 268 g/mol. The van der Waals surface area contributed by atoms with Gasteiger partial charge in [-0.2, -0.15) is 0 Å². The van der Waals surface area contributed by atoms with Crippen molar-refractivity contribution in [1.82, 2.24) is 4.90 Å². The summed E-state index contributed by atoms with van der Waals surface area (Å²) in [5.41, 5.74) is 0.720. The van der Waals surface area contributed by atoms with Crippen molar-refractivity contribution in [3.63, 3.8) is 0 Å². The van der Waals surface area contributed by atoms with Crippen LogP contribution in [0.3, 0.4) is 0 Å². The van der Waals surface area contributed by atoms with Gasteiger partial charge < -0.3 is 10.0 Å². The highest BCUT2D eigenvalue weighted by molar-refractivity contribution is 6.31. The molecular weight excluding hydrogens is 250 g/mol. The third kappa shape index (κ3) is 3.24. The first-order valence-corrected chi connectivity index (χ1v) is 6.76. The van der Waals surface area contributed by atoms with E-state index in [1.54, 1.807) is 6.07 Å².